The molecule has 0 bridgehead atoms. The Labute approximate surface area is 205 Å². The van der Waals surface area contributed by atoms with Crippen LogP contribution in [0, 0.1) is 11.3 Å². The predicted octanol–water partition coefficient (Wildman–Crippen LogP) is 4.11. The molecule has 2 aliphatic heterocycles. The Morgan fingerprint density at radius 2 is 2.15 bits per heavy atom. The largest absolute Gasteiger partial charge is 0.491 e. The van der Waals surface area contributed by atoms with Crippen LogP contribution in [0.4, 0.5) is 0 Å². The monoisotopic (exact) mass is 482 g/mol. The first-order valence-electron chi connectivity index (χ1n) is 12.0. The lowest BCUT2D eigenvalue weighted by atomic mass is 9.95. The van der Waals surface area contributed by atoms with Gasteiger partial charge in [-0.25, -0.2) is 0 Å². The Morgan fingerprint density at radius 1 is 1.32 bits per heavy atom. The van der Waals surface area contributed by atoms with Gasteiger partial charge in [0.2, 0.25) is 0 Å². The molecule has 2 saturated heterocycles. The second kappa shape index (κ2) is 10.4. The standard InChI is InChI=1S/C26H34N4O3S/c1-26(2,3)23-16-30(15-20-8-6-12-32-20)25(34-23)28-24(31)21-13-18(14-27)9-10-22(21)33-17-19-7-5-11-29(19)4/h9-10,13,16,19-20H,5-8,11-12,15,17H2,1-4H3/t19-,20+/m0/s1. The molecule has 0 radical (unpaired) electrons. The Morgan fingerprint density at radius 3 is 2.79 bits per heavy atom. The summed E-state index contributed by atoms with van der Waals surface area (Å²) in [5, 5.41) is 9.40. The molecule has 7 nitrogen and oxygen atoms in total. The van der Waals surface area contributed by atoms with Crippen LogP contribution in [0.15, 0.2) is 29.4 Å². The number of nitrogens with zero attached hydrogens (tertiary/aromatic N) is 4. The van der Waals surface area contributed by atoms with E-state index in [0.29, 0.717) is 40.9 Å². The fourth-order valence-electron chi connectivity index (χ4n) is 4.37. The van der Waals surface area contributed by atoms with E-state index in [2.05, 4.69) is 50.0 Å². The van der Waals surface area contributed by atoms with Crippen LogP contribution in [0.5, 0.6) is 5.75 Å². The number of likely N-dealkylation sites (N-methyl/N-ethyl adjacent to an activating group) is 1. The minimum atomic E-state index is -0.393. The van der Waals surface area contributed by atoms with Crippen LogP contribution in [-0.4, -0.2) is 54.3 Å². The van der Waals surface area contributed by atoms with Crippen LogP contribution < -0.4 is 9.54 Å². The molecule has 0 unspecified atom stereocenters. The van der Waals surface area contributed by atoms with Crippen molar-refractivity contribution in [2.24, 2.45) is 4.99 Å². The fourth-order valence-corrected chi connectivity index (χ4v) is 5.42. The van der Waals surface area contributed by atoms with E-state index in [-0.39, 0.29) is 11.5 Å². The highest BCUT2D eigenvalue weighted by molar-refractivity contribution is 7.09. The van der Waals surface area contributed by atoms with Crippen molar-refractivity contribution in [3.05, 3.63) is 45.2 Å². The normalized spacial score (nSPS) is 21.7. The molecule has 1 aromatic heterocycles. The lowest BCUT2D eigenvalue weighted by Gasteiger charge is -2.20. The first-order chi connectivity index (χ1) is 16.2. The van der Waals surface area contributed by atoms with E-state index in [4.69, 9.17) is 9.47 Å². The molecule has 2 aliphatic rings. The van der Waals surface area contributed by atoms with Crippen molar-refractivity contribution >= 4 is 17.2 Å². The van der Waals surface area contributed by atoms with Crippen molar-refractivity contribution in [3.63, 3.8) is 0 Å². The van der Waals surface area contributed by atoms with E-state index >= 15 is 0 Å². The third-order valence-corrected chi connectivity index (χ3v) is 7.97. The average Bonchev–Trinajstić information content (AvgIpc) is 3.55. The quantitative estimate of drug-likeness (QED) is 0.619. The third-order valence-electron chi connectivity index (χ3n) is 6.52. The molecule has 0 spiro atoms. The lowest BCUT2D eigenvalue weighted by molar-refractivity contribution is 0.0948. The van der Waals surface area contributed by atoms with Crippen LogP contribution in [0.25, 0.3) is 0 Å². The summed E-state index contributed by atoms with van der Waals surface area (Å²) in [7, 11) is 2.09. The molecule has 8 heteroatoms. The molecular formula is C26H34N4O3S. The molecule has 1 amide bonds. The Bertz CT molecular complexity index is 1130. The summed E-state index contributed by atoms with van der Waals surface area (Å²) in [4.78, 5) is 22.0. The second-order valence-corrected chi connectivity index (χ2v) is 11.3. The minimum Gasteiger partial charge on any atom is -0.491 e. The van der Waals surface area contributed by atoms with Gasteiger partial charge in [-0.1, -0.05) is 20.8 Å². The average molecular weight is 483 g/mol. The molecular weight excluding hydrogens is 448 g/mol. The fraction of sp³-hybridized carbons (Fsp3) is 0.577. The molecule has 34 heavy (non-hydrogen) atoms. The first kappa shape index (κ1) is 24.6. The summed E-state index contributed by atoms with van der Waals surface area (Å²) in [5.74, 6) is 0.0848. The van der Waals surface area contributed by atoms with Crippen LogP contribution in [0.3, 0.4) is 0 Å². The van der Waals surface area contributed by atoms with Gasteiger partial charge in [-0.15, -0.1) is 11.3 Å². The van der Waals surface area contributed by atoms with Crippen LogP contribution >= 0.6 is 11.3 Å². The lowest BCUT2D eigenvalue weighted by Crippen LogP contribution is -2.30. The van der Waals surface area contributed by atoms with Crippen LogP contribution in [0.2, 0.25) is 0 Å². The van der Waals surface area contributed by atoms with Gasteiger partial charge in [-0.3, -0.25) is 4.79 Å². The minimum absolute atomic E-state index is 0.0535. The number of benzene rings is 1. The van der Waals surface area contributed by atoms with Gasteiger partial charge in [0, 0.05) is 23.7 Å². The molecule has 2 fully saturated rings. The molecule has 0 aliphatic carbocycles. The van der Waals surface area contributed by atoms with Gasteiger partial charge in [0.15, 0.2) is 4.80 Å². The van der Waals surface area contributed by atoms with Gasteiger partial charge >= 0.3 is 0 Å². The van der Waals surface area contributed by atoms with E-state index in [9.17, 15) is 10.1 Å². The van der Waals surface area contributed by atoms with Crippen molar-refractivity contribution < 1.29 is 14.3 Å². The third kappa shape index (κ3) is 5.77. The van der Waals surface area contributed by atoms with Crippen molar-refractivity contribution in [1.29, 1.82) is 5.26 Å². The van der Waals surface area contributed by atoms with Crippen molar-refractivity contribution in [2.75, 3.05) is 26.8 Å². The molecule has 0 saturated carbocycles. The summed E-state index contributed by atoms with van der Waals surface area (Å²) in [6, 6.07) is 7.44. The number of thiazole rings is 1. The number of hydrogen-bond acceptors (Lipinski definition) is 6. The van der Waals surface area contributed by atoms with Crippen LogP contribution in [-0.2, 0) is 16.7 Å². The maximum absolute atomic E-state index is 13.4. The van der Waals surface area contributed by atoms with Gasteiger partial charge in [0.05, 0.1) is 29.8 Å². The van der Waals surface area contributed by atoms with E-state index in [1.807, 2.05) is 4.57 Å². The highest BCUT2D eigenvalue weighted by Crippen LogP contribution is 2.26. The summed E-state index contributed by atoms with van der Waals surface area (Å²) >= 11 is 1.53. The highest BCUT2D eigenvalue weighted by atomic mass is 32.1. The smallest absolute Gasteiger partial charge is 0.283 e. The zero-order valence-corrected chi connectivity index (χ0v) is 21.4. The van der Waals surface area contributed by atoms with Crippen molar-refractivity contribution in [3.8, 4) is 11.8 Å². The zero-order chi connectivity index (χ0) is 24.3. The molecule has 0 N–H and O–H groups in total. The second-order valence-electron chi connectivity index (χ2n) is 10.2. The number of hydrogen-bond donors (Lipinski definition) is 0. The summed E-state index contributed by atoms with van der Waals surface area (Å²) in [6.45, 7) is 9.49. The first-order valence-corrected chi connectivity index (χ1v) is 12.8. The van der Waals surface area contributed by atoms with Gasteiger partial charge in [0.25, 0.3) is 5.91 Å². The molecule has 2 atom stereocenters. The Hall–Kier alpha value is -2.47. The number of carbonyl (C=O) groups is 1. The summed E-state index contributed by atoms with van der Waals surface area (Å²) in [6.07, 6.45) is 6.54. The maximum Gasteiger partial charge on any atom is 0.283 e. The number of likely N-dealkylation sites (tertiary alicyclic amines) is 1. The molecule has 1 aromatic carbocycles. The van der Waals surface area contributed by atoms with Crippen molar-refractivity contribution in [2.45, 2.75) is 70.6 Å². The number of amides is 1. The number of rotatable bonds is 6. The molecule has 4 rings (SSSR count). The molecule has 3 heterocycles. The van der Waals surface area contributed by atoms with E-state index < -0.39 is 5.91 Å². The number of aromatic nitrogens is 1. The number of carbonyl (C=O) groups excluding carboxylic acids is 1. The van der Waals surface area contributed by atoms with Gasteiger partial charge < -0.3 is 18.9 Å². The number of ether oxygens (including phenoxy) is 2. The summed E-state index contributed by atoms with van der Waals surface area (Å²) in [5.41, 5.74) is 0.689. The maximum atomic E-state index is 13.4. The topological polar surface area (TPSA) is 79.9 Å². The van der Waals surface area contributed by atoms with E-state index in [1.54, 1.807) is 18.2 Å². The van der Waals surface area contributed by atoms with E-state index in [0.717, 1.165) is 43.7 Å². The van der Waals surface area contributed by atoms with E-state index in [1.165, 1.54) is 11.3 Å². The van der Waals surface area contributed by atoms with Gasteiger partial charge in [-0.2, -0.15) is 10.3 Å². The van der Waals surface area contributed by atoms with Crippen LogP contribution in [0.1, 0.15) is 67.3 Å². The molecule has 182 valence electrons. The van der Waals surface area contributed by atoms with Gasteiger partial charge in [0.1, 0.15) is 12.4 Å². The predicted molar refractivity (Wildman–Crippen MR) is 132 cm³/mol. The SMILES string of the molecule is CN1CCC[C@H]1COc1ccc(C#N)cc1C(=O)N=c1sc(C(C)(C)C)cn1C[C@H]1CCCO1. The van der Waals surface area contributed by atoms with Crippen molar-refractivity contribution in [1.82, 2.24) is 9.47 Å². The Balaban J connectivity index is 1.65. The highest BCUT2D eigenvalue weighted by Gasteiger charge is 2.24. The Kier molecular flexibility index (Phi) is 7.56. The summed E-state index contributed by atoms with van der Waals surface area (Å²) < 4.78 is 14.0. The number of nitriles is 1. The van der Waals surface area contributed by atoms with Gasteiger partial charge in [-0.05, 0) is 62.9 Å². The zero-order valence-electron chi connectivity index (χ0n) is 20.5. The molecule has 2 aromatic rings.